The van der Waals surface area contributed by atoms with E-state index in [1.807, 2.05) is 25.1 Å². The number of fused-ring (bicyclic) bond motifs is 1. The van der Waals surface area contributed by atoms with Crippen LogP contribution in [0.2, 0.25) is 0 Å². The lowest BCUT2D eigenvalue weighted by atomic mass is 10.1. The van der Waals surface area contributed by atoms with E-state index < -0.39 is 5.60 Å². The fraction of sp³-hybridized carbons (Fsp3) is 0.571. The second-order valence-electron chi connectivity index (χ2n) is 5.14. The largest absolute Gasteiger partial charge is 0.491 e. The Hall–Kier alpha value is -1.06. The molecule has 0 aromatic heterocycles. The predicted octanol–water partition coefficient (Wildman–Crippen LogP) is 2.17. The van der Waals surface area contributed by atoms with Crippen molar-refractivity contribution >= 4 is 0 Å². The Morgan fingerprint density at radius 3 is 3.00 bits per heavy atom. The van der Waals surface area contributed by atoms with Gasteiger partial charge in [-0.1, -0.05) is 13.0 Å². The Labute approximate surface area is 103 Å². The normalized spacial score (nSPS) is 22.0. The summed E-state index contributed by atoms with van der Waals surface area (Å²) in [5.41, 5.74) is 7.75. The Morgan fingerprint density at radius 2 is 2.29 bits per heavy atom. The molecule has 1 aliphatic rings. The van der Waals surface area contributed by atoms with Crippen molar-refractivity contribution in [1.29, 1.82) is 0 Å². The summed E-state index contributed by atoms with van der Waals surface area (Å²) in [5, 5.41) is 9.88. The lowest BCUT2D eigenvalue weighted by molar-refractivity contribution is 0.00845. The number of aryl methyl sites for hydroxylation is 1. The van der Waals surface area contributed by atoms with Gasteiger partial charge in [0, 0.05) is 6.04 Å². The highest BCUT2D eigenvalue weighted by Crippen LogP contribution is 2.32. The average molecular weight is 235 g/mol. The second kappa shape index (κ2) is 4.67. The molecular formula is C14H21NO2. The molecule has 2 atom stereocenters. The molecule has 3 nitrogen and oxygen atoms in total. The van der Waals surface area contributed by atoms with Gasteiger partial charge < -0.3 is 15.6 Å². The van der Waals surface area contributed by atoms with Crippen molar-refractivity contribution in [2.75, 3.05) is 6.61 Å². The minimum absolute atomic E-state index is 0.179. The van der Waals surface area contributed by atoms with Crippen LogP contribution in [0.25, 0.3) is 0 Å². The first-order chi connectivity index (χ1) is 8.02. The number of rotatable bonds is 4. The lowest BCUT2D eigenvalue weighted by Gasteiger charge is -2.21. The molecule has 0 fully saturated rings. The maximum atomic E-state index is 9.88. The Bertz CT molecular complexity index is 401. The van der Waals surface area contributed by atoms with E-state index in [1.54, 1.807) is 6.92 Å². The third-order valence-corrected chi connectivity index (χ3v) is 3.55. The van der Waals surface area contributed by atoms with Gasteiger partial charge in [-0.15, -0.1) is 0 Å². The van der Waals surface area contributed by atoms with Crippen LogP contribution in [0, 0.1) is 0 Å². The summed E-state index contributed by atoms with van der Waals surface area (Å²) in [6, 6.07) is 6.21. The van der Waals surface area contributed by atoms with E-state index in [1.165, 1.54) is 11.1 Å². The zero-order valence-corrected chi connectivity index (χ0v) is 10.6. The summed E-state index contributed by atoms with van der Waals surface area (Å²) in [6.45, 7) is 4.07. The zero-order valence-electron chi connectivity index (χ0n) is 10.6. The molecule has 2 rings (SSSR count). The third-order valence-electron chi connectivity index (χ3n) is 3.55. The molecule has 0 bridgehead atoms. The Kier molecular flexibility index (Phi) is 3.40. The smallest absolute Gasteiger partial charge is 0.119 e. The fourth-order valence-corrected chi connectivity index (χ4v) is 2.06. The van der Waals surface area contributed by atoms with Gasteiger partial charge in [-0.3, -0.25) is 0 Å². The maximum Gasteiger partial charge on any atom is 0.119 e. The van der Waals surface area contributed by atoms with Gasteiger partial charge in [0.05, 0.1) is 5.60 Å². The monoisotopic (exact) mass is 235 g/mol. The van der Waals surface area contributed by atoms with Gasteiger partial charge in [-0.2, -0.15) is 0 Å². The first kappa shape index (κ1) is 12.4. The van der Waals surface area contributed by atoms with Crippen molar-refractivity contribution in [3.8, 4) is 5.75 Å². The summed E-state index contributed by atoms with van der Waals surface area (Å²) < 4.78 is 5.63. The van der Waals surface area contributed by atoms with Gasteiger partial charge in [-0.05, 0) is 49.4 Å². The van der Waals surface area contributed by atoms with E-state index in [2.05, 4.69) is 0 Å². The maximum absolute atomic E-state index is 9.88. The van der Waals surface area contributed by atoms with Crippen LogP contribution in [0.4, 0.5) is 0 Å². The number of nitrogens with two attached hydrogens (primary N) is 1. The molecule has 94 valence electrons. The summed E-state index contributed by atoms with van der Waals surface area (Å²) in [5.74, 6) is 0.826. The van der Waals surface area contributed by atoms with E-state index >= 15 is 0 Å². The van der Waals surface area contributed by atoms with Crippen molar-refractivity contribution in [2.45, 2.75) is 44.8 Å². The average Bonchev–Trinajstić information content (AvgIpc) is 2.68. The number of aliphatic hydroxyl groups is 1. The van der Waals surface area contributed by atoms with Crippen molar-refractivity contribution in [1.82, 2.24) is 0 Å². The van der Waals surface area contributed by atoms with Crippen LogP contribution in [0.3, 0.4) is 0 Å². The van der Waals surface area contributed by atoms with E-state index in [0.29, 0.717) is 13.0 Å². The van der Waals surface area contributed by atoms with Gasteiger partial charge in [-0.25, -0.2) is 0 Å². The van der Waals surface area contributed by atoms with Crippen LogP contribution in [-0.4, -0.2) is 17.3 Å². The quantitative estimate of drug-likeness (QED) is 0.841. The van der Waals surface area contributed by atoms with Crippen molar-refractivity contribution in [3.63, 3.8) is 0 Å². The third kappa shape index (κ3) is 2.79. The van der Waals surface area contributed by atoms with E-state index in [0.717, 1.165) is 18.6 Å². The van der Waals surface area contributed by atoms with Crippen LogP contribution >= 0.6 is 0 Å². The zero-order chi connectivity index (χ0) is 12.5. The molecule has 3 N–H and O–H groups in total. The molecule has 0 amide bonds. The molecule has 3 heteroatoms. The first-order valence-corrected chi connectivity index (χ1v) is 6.25. The van der Waals surface area contributed by atoms with Crippen molar-refractivity contribution in [3.05, 3.63) is 29.3 Å². The molecule has 0 saturated heterocycles. The van der Waals surface area contributed by atoms with Crippen LogP contribution < -0.4 is 10.5 Å². The summed E-state index contributed by atoms with van der Waals surface area (Å²) in [4.78, 5) is 0. The highest BCUT2D eigenvalue weighted by atomic mass is 16.5. The Balaban J connectivity index is 2.04. The van der Waals surface area contributed by atoms with Gasteiger partial charge in [0.2, 0.25) is 0 Å². The van der Waals surface area contributed by atoms with E-state index in [9.17, 15) is 5.11 Å². The molecule has 17 heavy (non-hydrogen) atoms. The van der Waals surface area contributed by atoms with Crippen LogP contribution in [0.5, 0.6) is 5.75 Å². The number of benzene rings is 1. The molecule has 0 radical (unpaired) electrons. The van der Waals surface area contributed by atoms with E-state index in [-0.39, 0.29) is 6.04 Å². The molecular weight excluding hydrogens is 214 g/mol. The van der Waals surface area contributed by atoms with Gasteiger partial charge in [0.1, 0.15) is 12.4 Å². The standard InChI is InChI=1S/C14H21NO2/c1-3-14(2,16)9-17-11-5-6-12-10(8-11)4-7-13(12)15/h5-6,8,13,16H,3-4,7,9,15H2,1-2H3/t13-,14?/m1/s1. The van der Waals surface area contributed by atoms with Gasteiger partial charge >= 0.3 is 0 Å². The molecule has 0 saturated carbocycles. The second-order valence-corrected chi connectivity index (χ2v) is 5.14. The molecule has 0 heterocycles. The topological polar surface area (TPSA) is 55.5 Å². The van der Waals surface area contributed by atoms with Crippen LogP contribution in [0.15, 0.2) is 18.2 Å². The molecule has 1 unspecified atom stereocenters. The fourth-order valence-electron chi connectivity index (χ4n) is 2.06. The number of hydrogen-bond donors (Lipinski definition) is 2. The minimum atomic E-state index is -0.755. The molecule has 1 aromatic rings. The summed E-state index contributed by atoms with van der Waals surface area (Å²) in [7, 11) is 0. The Morgan fingerprint density at radius 1 is 1.53 bits per heavy atom. The van der Waals surface area contributed by atoms with Crippen LogP contribution in [0.1, 0.15) is 43.9 Å². The van der Waals surface area contributed by atoms with Gasteiger partial charge in [0.15, 0.2) is 0 Å². The minimum Gasteiger partial charge on any atom is -0.491 e. The molecule has 1 aliphatic carbocycles. The molecule has 1 aromatic carbocycles. The summed E-state index contributed by atoms with van der Waals surface area (Å²) in [6.07, 6.45) is 2.73. The number of ether oxygens (including phenoxy) is 1. The van der Waals surface area contributed by atoms with Crippen LogP contribution in [-0.2, 0) is 6.42 Å². The van der Waals surface area contributed by atoms with Crippen molar-refractivity contribution < 1.29 is 9.84 Å². The molecule has 0 spiro atoms. The summed E-state index contributed by atoms with van der Waals surface area (Å²) >= 11 is 0. The van der Waals surface area contributed by atoms with Gasteiger partial charge in [0.25, 0.3) is 0 Å². The lowest BCUT2D eigenvalue weighted by Crippen LogP contribution is -2.31. The number of hydrogen-bond acceptors (Lipinski definition) is 3. The highest BCUT2D eigenvalue weighted by Gasteiger charge is 2.21. The molecule has 0 aliphatic heterocycles. The predicted molar refractivity (Wildman–Crippen MR) is 68.1 cm³/mol. The highest BCUT2D eigenvalue weighted by molar-refractivity contribution is 5.40. The first-order valence-electron chi connectivity index (χ1n) is 6.25. The van der Waals surface area contributed by atoms with E-state index in [4.69, 9.17) is 10.5 Å². The SMILES string of the molecule is CCC(C)(O)COc1ccc2c(c1)CC[C@H]2N. The van der Waals surface area contributed by atoms with Crippen molar-refractivity contribution in [2.24, 2.45) is 5.73 Å².